The lowest BCUT2D eigenvalue weighted by Gasteiger charge is -2.34. The quantitative estimate of drug-likeness (QED) is 0.418. The molecule has 2 bridgehead atoms. The van der Waals surface area contributed by atoms with Crippen molar-refractivity contribution in [2.45, 2.75) is 44.1 Å². The van der Waals surface area contributed by atoms with Crippen LogP contribution in [0.2, 0.25) is 0 Å². The summed E-state index contributed by atoms with van der Waals surface area (Å²) < 4.78 is 45.1. The van der Waals surface area contributed by atoms with E-state index in [0.29, 0.717) is 35.9 Å². The van der Waals surface area contributed by atoms with Crippen molar-refractivity contribution in [2.24, 2.45) is 11.7 Å². The highest BCUT2D eigenvalue weighted by molar-refractivity contribution is 6.06. The maximum atomic E-state index is 13.6. The third-order valence-corrected chi connectivity index (χ3v) is 7.13. The molecule has 1 aromatic carbocycles. The van der Waals surface area contributed by atoms with Gasteiger partial charge in [-0.2, -0.15) is 18.3 Å². The molecule has 15 heteroatoms. The fraction of sp³-hybridized carbons (Fsp3) is 0.360. The molecule has 2 fully saturated rings. The Morgan fingerprint density at radius 2 is 1.90 bits per heavy atom. The summed E-state index contributed by atoms with van der Waals surface area (Å²) >= 11 is 0. The fourth-order valence-electron chi connectivity index (χ4n) is 5.49. The number of hydrogen-bond acceptors (Lipinski definition) is 7. The molecule has 0 spiro atoms. The van der Waals surface area contributed by atoms with Crippen molar-refractivity contribution >= 4 is 46.2 Å². The number of hydrogen-bond donors (Lipinski definition) is 3. The Balaban J connectivity index is 1.39. The van der Waals surface area contributed by atoms with Crippen molar-refractivity contribution in [3.63, 3.8) is 0 Å². The van der Waals surface area contributed by atoms with Gasteiger partial charge in [-0.25, -0.2) is 9.78 Å². The van der Waals surface area contributed by atoms with Gasteiger partial charge in [0.05, 0.1) is 12.6 Å². The normalized spacial score (nSPS) is 20.0. The van der Waals surface area contributed by atoms with E-state index < -0.39 is 41.7 Å². The number of anilines is 2. The second-order valence-electron chi connectivity index (χ2n) is 9.59. The van der Waals surface area contributed by atoms with E-state index in [-0.39, 0.29) is 30.0 Å². The molecule has 1 saturated heterocycles. The number of carbonyl (C=O) groups excluding carboxylic acids is 4. The van der Waals surface area contributed by atoms with Crippen molar-refractivity contribution in [1.29, 1.82) is 0 Å². The third kappa shape index (κ3) is 5.01. The first-order chi connectivity index (χ1) is 19.0. The van der Waals surface area contributed by atoms with Gasteiger partial charge in [0.15, 0.2) is 5.69 Å². The Morgan fingerprint density at radius 1 is 1.12 bits per heavy atom. The lowest BCUT2D eigenvalue weighted by atomic mass is 9.97. The number of pyridine rings is 1. The highest BCUT2D eigenvalue weighted by Crippen LogP contribution is 2.43. The molecule has 3 atom stereocenters. The van der Waals surface area contributed by atoms with Crippen LogP contribution in [0.4, 0.5) is 29.5 Å². The molecule has 2 aliphatic rings. The maximum Gasteiger partial charge on any atom is 0.433 e. The van der Waals surface area contributed by atoms with Crippen molar-refractivity contribution in [3.05, 3.63) is 47.8 Å². The number of amides is 4. The minimum absolute atomic E-state index is 0.121. The monoisotopic (exact) mass is 559 g/mol. The first-order valence-electron chi connectivity index (χ1n) is 12.3. The number of nitrogens with zero attached hydrogens (tertiary/aromatic N) is 4. The minimum Gasteiger partial charge on any atom is -0.453 e. The average Bonchev–Trinajstić information content (AvgIpc) is 3.61. The summed E-state index contributed by atoms with van der Waals surface area (Å²) in [6.45, 7) is -0.331. The van der Waals surface area contributed by atoms with Gasteiger partial charge in [-0.15, -0.1) is 0 Å². The Labute approximate surface area is 224 Å². The zero-order valence-electron chi connectivity index (χ0n) is 21.1. The lowest BCUT2D eigenvalue weighted by Crippen LogP contribution is -2.52. The van der Waals surface area contributed by atoms with Crippen molar-refractivity contribution in [1.82, 2.24) is 19.7 Å². The Bertz CT molecular complexity index is 1520. The highest BCUT2D eigenvalue weighted by atomic mass is 19.4. The van der Waals surface area contributed by atoms with Crippen LogP contribution in [0.25, 0.3) is 10.9 Å². The van der Waals surface area contributed by atoms with Gasteiger partial charge in [0.1, 0.15) is 24.1 Å². The number of halogens is 3. The van der Waals surface area contributed by atoms with Crippen LogP contribution >= 0.6 is 0 Å². The predicted molar refractivity (Wildman–Crippen MR) is 134 cm³/mol. The molecule has 0 unspecified atom stereocenters. The smallest absolute Gasteiger partial charge is 0.433 e. The van der Waals surface area contributed by atoms with E-state index in [1.54, 1.807) is 6.07 Å². The molecular weight excluding hydrogens is 535 g/mol. The zero-order valence-corrected chi connectivity index (χ0v) is 21.1. The number of likely N-dealkylation sites (tertiary alicyclic amines) is 1. The Morgan fingerprint density at radius 3 is 2.60 bits per heavy atom. The first kappa shape index (κ1) is 26.9. The van der Waals surface area contributed by atoms with Crippen LogP contribution in [0.1, 0.15) is 35.4 Å². The molecule has 1 aliphatic heterocycles. The molecule has 4 amide bonds. The second-order valence-corrected chi connectivity index (χ2v) is 9.59. The number of ether oxygens (including phenoxy) is 1. The van der Waals surface area contributed by atoms with Crippen LogP contribution in [-0.4, -0.2) is 62.7 Å². The maximum absolute atomic E-state index is 13.6. The minimum atomic E-state index is -4.68. The Kier molecular flexibility index (Phi) is 6.81. The number of rotatable bonds is 6. The average molecular weight is 560 g/mol. The molecule has 40 heavy (non-hydrogen) atoms. The number of piperidine rings is 1. The summed E-state index contributed by atoms with van der Waals surface area (Å²) in [4.78, 5) is 55.4. The molecule has 5 rings (SSSR count). The summed E-state index contributed by atoms with van der Waals surface area (Å²) in [5.41, 5.74) is 4.92. The first-order valence-corrected chi connectivity index (χ1v) is 12.3. The van der Waals surface area contributed by atoms with Crippen LogP contribution in [0.3, 0.4) is 0 Å². The number of fused-ring (bicyclic) bond motifs is 3. The molecule has 1 saturated carbocycles. The standard InChI is InChI=1S/C25H24F3N7O5/c1-40-24(39)30-13-6-8-16-15(10-13)20(22(29)37)33-34(16)11-19(36)35-14-7-5-12(9-14)21(35)23(38)32-18-4-2-3-17(31-18)25(26,27)28/h2-4,6,8,10,12,14,21H,5,7,9,11H2,1H3,(H2,29,37)(H,30,39)(H,31,32,38)/t12-,14+,21-/m0/s1. The molecule has 3 aromatic rings. The van der Waals surface area contributed by atoms with E-state index >= 15 is 0 Å². The SMILES string of the molecule is COC(=O)Nc1ccc2c(c1)c(C(N)=O)nn2CC(=O)N1[C@@H]2CC[C@@H](C2)[C@H]1C(=O)Nc1cccc(C(F)(F)F)n1. The molecule has 1 aliphatic carbocycles. The number of alkyl halides is 3. The number of primary amides is 1. The topological polar surface area (TPSA) is 162 Å². The molecule has 12 nitrogen and oxygen atoms in total. The molecule has 4 N–H and O–H groups in total. The van der Waals surface area contributed by atoms with Crippen molar-refractivity contribution in [2.75, 3.05) is 17.7 Å². The zero-order chi connectivity index (χ0) is 28.8. The fourth-order valence-corrected chi connectivity index (χ4v) is 5.49. The number of nitrogens with two attached hydrogens (primary N) is 1. The number of carbonyl (C=O) groups is 4. The summed E-state index contributed by atoms with van der Waals surface area (Å²) in [7, 11) is 1.20. The van der Waals surface area contributed by atoms with Gasteiger partial charge < -0.3 is 20.7 Å². The van der Waals surface area contributed by atoms with Crippen molar-refractivity contribution in [3.8, 4) is 0 Å². The molecular formula is C25H24F3N7O5. The van der Waals surface area contributed by atoms with Crippen LogP contribution in [0.5, 0.6) is 0 Å². The number of nitrogens with one attached hydrogen (secondary N) is 2. The van der Waals surface area contributed by atoms with Crippen LogP contribution in [0, 0.1) is 5.92 Å². The number of benzene rings is 1. The van der Waals surface area contributed by atoms with Gasteiger partial charge in [-0.1, -0.05) is 6.07 Å². The van der Waals surface area contributed by atoms with Crippen LogP contribution < -0.4 is 16.4 Å². The molecule has 210 valence electrons. The summed E-state index contributed by atoms with van der Waals surface area (Å²) in [6, 6.07) is 6.60. The molecule has 0 radical (unpaired) electrons. The number of methoxy groups -OCH3 is 1. The number of aromatic nitrogens is 3. The van der Waals surface area contributed by atoms with E-state index in [0.717, 1.165) is 12.1 Å². The van der Waals surface area contributed by atoms with E-state index in [2.05, 4.69) is 25.5 Å². The summed E-state index contributed by atoms with van der Waals surface area (Å²) in [5.74, 6) is -2.37. The van der Waals surface area contributed by atoms with Gasteiger partial charge >= 0.3 is 12.3 Å². The van der Waals surface area contributed by atoms with E-state index in [1.807, 2.05) is 0 Å². The molecule has 2 aromatic heterocycles. The Hall–Kier alpha value is -4.69. The van der Waals surface area contributed by atoms with Gasteiger partial charge in [0, 0.05) is 17.1 Å². The van der Waals surface area contributed by atoms with Gasteiger partial charge in [-0.05, 0) is 55.5 Å². The van der Waals surface area contributed by atoms with Crippen LogP contribution in [0.15, 0.2) is 36.4 Å². The van der Waals surface area contributed by atoms with E-state index in [4.69, 9.17) is 5.73 Å². The second kappa shape index (κ2) is 10.1. The largest absolute Gasteiger partial charge is 0.453 e. The van der Waals surface area contributed by atoms with E-state index in [1.165, 1.54) is 34.9 Å². The van der Waals surface area contributed by atoms with Gasteiger partial charge in [0.25, 0.3) is 5.91 Å². The summed E-state index contributed by atoms with van der Waals surface area (Å²) in [5, 5.41) is 9.41. The summed E-state index contributed by atoms with van der Waals surface area (Å²) in [6.07, 6.45) is -3.46. The van der Waals surface area contributed by atoms with Gasteiger partial charge in [-0.3, -0.25) is 24.4 Å². The van der Waals surface area contributed by atoms with Crippen LogP contribution in [-0.2, 0) is 27.0 Å². The predicted octanol–water partition coefficient (Wildman–Crippen LogP) is 2.75. The van der Waals surface area contributed by atoms with Crippen molar-refractivity contribution < 1.29 is 37.1 Å². The highest BCUT2D eigenvalue weighted by Gasteiger charge is 2.51. The lowest BCUT2D eigenvalue weighted by molar-refractivity contribution is -0.141. The third-order valence-electron chi connectivity index (χ3n) is 7.13. The molecule has 3 heterocycles. The van der Waals surface area contributed by atoms with Gasteiger partial charge in [0.2, 0.25) is 11.8 Å². The van der Waals surface area contributed by atoms with E-state index in [9.17, 15) is 32.3 Å².